The normalized spacial score (nSPS) is 50.1. The number of fused-ring (bicyclic) bond motifs is 2. The molecule has 0 aromatic heterocycles. The van der Waals surface area contributed by atoms with Gasteiger partial charge >= 0.3 is 0 Å². The van der Waals surface area contributed by atoms with Crippen LogP contribution in [0.2, 0.25) is 0 Å². The van der Waals surface area contributed by atoms with Crippen LogP contribution in [-0.4, -0.2) is 23.1 Å². The second kappa shape index (κ2) is 5.64. The Kier molecular flexibility index (Phi) is 3.08. The van der Waals surface area contributed by atoms with Crippen molar-refractivity contribution in [2.24, 2.45) is 70.0 Å². The van der Waals surface area contributed by atoms with Crippen molar-refractivity contribution in [3.63, 3.8) is 0 Å². The lowest BCUT2D eigenvalue weighted by molar-refractivity contribution is -0.246. The zero-order chi connectivity index (χ0) is 23.4. The van der Waals surface area contributed by atoms with Crippen LogP contribution in [0.3, 0.4) is 0 Å². The first-order valence-electron chi connectivity index (χ1n) is 13.0. The summed E-state index contributed by atoms with van der Waals surface area (Å²) in [7, 11) is 0. The average molecular weight is 461 g/mol. The molecule has 0 unspecified atom stereocenters. The molecule has 6 fully saturated rings. The van der Waals surface area contributed by atoms with Gasteiger partial charge in [-0.15, -0.1) is 0 Å². The van der Waals surface area contributed by atoms with Crippen molar-refractivity contribution in [1.82, 2.24) is 0 Å². The number of carbonyl (C=O) groups is 4. The minimum Gasteiger partial charge on any atom is -0.299 e. The number of carbonyl (C=O) groups excluding carboxylic acids is 4. The third kappa shape index (κ3) is 1.60. The SMILES string of the molecule is O=C(c1ccccc1)[C@@H]1[C@@H](C(=O)c2ccccc2)[C@@H]2C=C[C@H]1[C@]13C(=O)[C@H]4[C@@H]5C[C@@H]6[C@H]4C(=O)[C@]21[C@@H]6[C@@H]53. The molecule has 8 aliphatic carbocycles. The molecule has 12 atom stereocenters. The molecule has 0 aliphatic heterocycles. The predicted molar refractivity (Wildman–Crippen MR) is 125 cm³/mol. The Morgan fingerprint density at radius 3 is 1.43 bits per heavy atom. The number of benzene rings is 2. The van der Waals surface area contributed by atoms with E-state index in [1.54, 1.807) is 0 Å². The number of Topliss-reactive ketones (excluding diaryl/α,β-unsaturated/α-hetero) is 4. The summed E-state index contributed by atoms with van der Waals surface area (Å²) < 4.78 is 0. The molecule has 0 N–H and O–H groups in total. The maximum atomic E-state index is 14.3. The molecule has 2 aromatic rings. The van der Waals surface area contributed by atoms with Crippen molar-refractivity contribution >= 4 is 23.1 Å². The highest BCUT2D eigenvalue weighted by molar-refractivity contribution is 6.15. The Morgan fingerprint density at radius 2 is 1.03 bits per heavy atom. The van der Waals surface area contributed by atoms with Gasteiger partial charge in [0.1, 0.15) is 11.6 Å². The van der Waals surface area contributed by atoms with Crippen molar-refractivity contribution in [2.45, 2.75) is 6.42 Å². The van der Waals surface area contributed by atoms with Gasteiger partial charge in [0, 0.05) is 46.6 Å². The van der Waals surface area contributed by atoms with Gasteiger partial charge in [-0.2, -0.15) is 0 Å². The van der Waals surface area contributed by atoms with Crippen LogP contribution in [-0.2, 0) is 9.59 Å². The number of allylic oxidation sites excluding steroid dienone is 2. The number of ketones is 4. The van der Waals surface area contributed by atoms with E-state index in [0.29, 0.717) is 23.0 Å². The van der Waals surface area contributed by atoms with Gasteiger partial charge in [-0.05, 0) is 30.1 Å². The van der Waals surface area contributed by atoms with Crippen LogP contribution in [0, 0.1) is 70.0 Å². The summed E-state index contributed by atoms with van der Waals surface area (Å²) in [5.74, 6) is -0.744. The maximum absolute atomic E-state index is 14.3. The van der Waals surface area contributed by atoms with Gasteiger partial charge in [-0.25, -0.2) is 0 Å². The van der Waals surface area contributed by atoms with Crippen molar-refractivity contribution in [2.75, 3.05) is 0 Å². The van der Waals surface area contributed by atoms with Gasteiger partial charge in [0.15, 0.2) is 11.6 Å². The minimum atomic E-state index is -0.756. The van der Waals surface area contributed by atoms with Crippen molar-refractivity contribution in [1.29, 1.82) is 0 Å². The Hall–Kier alpha value is -3.14. The average Bonchev–Trinajstić information content (AvgIpc) is 3.46. The first-order valence-corrected chi connectivity index (χ1v) is 13.0. The molecule has 2 spiro atoms. The van der Waals surface area contributed by atoms with Crippen LogP contribution < -0.4 is 0 Å². The molecule has 8 aliphatic rings. The van der Waals surface area contributed by atoms with E-state index in [4.69, 9.17) is 0 Å². The topological polar surface area (TPSA) is 68.3 Å². The maximum Gasteiger partial charge on any atom is 0.167 e. The van der Waals surface area contributed by atoms with Crippen LogP contribution in [0.25, 0.3) is 0 Å². The summed E-state index contributed by atoms with van der Waals surface area (Å²) >= 11 is 0. The van der Waals surface area contributed by atoms with Crippen LogP contribution >= 0.6 is 0 Å². The summed E-state index contributed by atoms with van der Waals surface area (Å²) in [6.07, 6.45) is 5.13. The summed E-state index contributed by atoms with van der Waals surface area (Å²) in [6.45, 7) is 0. The molecule has 4 bridgehead atoms. The van der Waals surface area contributed by atoms with Crippen LogP contribution in [0.1, 0.15) is 27.1 Å². The van der Waals surface area contributed by atoms with E-state index in [2.05, 4.69) is 12.2 Å². The van der Waals surface area contributed by atoms with E-state index in [-0.39, 0.29) is 58.6 Å². The molecular formula is C31H24O4. The number of hydrogen-bond acceptors (Lipinski definition) is 4. The highest BCUT2D eigenvalue weighted by Crippen LogP contribution is 2.95. The number of rotatable bonds is 4. The zero-order valence-corrected chi connectivity index (χ0v) is 19.0. The first kappa shape index (κ1) is 19.1. The van der Waals surface area contributed by atoms with Gasteiger partial charge < -0.3 is 0 Å². The van der Waals surface area contributed by atoms with E-state index in [1.807, 2.05) is 60.7 Å². The molecule has 6 saturated carbocycles. The highest BCUT2D eigenvalue weighted by atomic mass is 16.2. The van der Waals surface area contributed by atoms with Crippen LogP contribution in [0.5, 0.6) is 0 Å². The predicted octanol–water partition coefficient (Wildman–Crippen LogP) is 4.07. The Balaban J connectivity index is 1.29. The van der Waals surface area contributed by atoms with Gasteiger partial charge in [0.05, 0.1) is 10.8 Å². The molecule has 0 saturated heterocycles. The molecule has 0 radical (unpaired) electrons. The smallest absolute Gasteiger partial charge is 0.167 e. The second-order valence-corrected chi connectivity index (χ2v) is 12.1. The summed E-state index contributed by atoms with van der Waals surface area (Å²) in [6, 6.07) is 18.4. The molecule has 2 aromatic carbocycles. The monoisotopic (exact) mass is 460 g/mol. The van der Waals surface area contributed by atoms with Gasteiger partial charge in [-0.3, -0.25) is 19.2 Å². The Labute approximate surface area is 202 Å². The van der Waals surface area contributed by atoms with E-state index in [9.17, 15) is 19.2 Å². The third-order valence-corrected chi connectivity index (χ3v) is 11.8. The quantitative estimate of drug-likeness (QED) is 0.510. The van der Waals surface area contributed by atoms with Crippen molar-refractivity contribution in [3.8, 4) is 0 Å². The van der Waals surface area contributed by atoms with E-state index >= 15 is 0 Å². The third-order valence-electron chi connectivity index (χ3n) is 11.8. The van der Waals surface area contributed by atoms with Gasteiger partial charge in [0.2, 0.25) is 0 Å². The fourth-order valence-corrected chi connectivity index (χ4v) is 11.5. The van der Waals surface area contributed by atoms with Crippen LogP contribution in [0.15, 0.2) is 72.8 Å². The van der Waals surface area contributed by atoms with Crippen LogP contribution in [0.4, 0.5) is 0 Å². The largest absolute Gasteiger partial charge is 0.299 e. The lowest BCUT2D eigenvalue weighted by Crippen LogP contribution is -2.79. The summed E-state index contributed by atoms with van der Waals surface area (Å²) in [4.78, 5) is 56.9. The fourth-order valence-electron chi connectivity index (χ4n) is 11.5. The molecule has 4 heteroatoms. The second-order valence-electron chi connectivity index (χ2n) is 12.1. The van der Waals surface area contributed by atoms with Gasteiger partial charge in [0.25, 0.3) is 0 Å². The van der Waals surface area contributed by atoms with E-state index in [1.165, 1.54) is 0 Å². The van der Waals surface area contributed by atoms with Crippen molar-refractivity contribution in [3.05, 3.63) is 83.9 Å². The standard InChI is InChI=1S/C31H24O4/c32-26(14-7-3-1-4-8-14)22-18-11-12-19(23(22)27(33)15-9-5-2-6-10-15)31-25-17-13-16-20(21(17)29(31)35)28(34)30(18,31)24(16)25/h1-12,16-25H,13H2/t16-,17+,18+,19-,20-,21+,22-,23-,24+,25-,30-,31+/m0/s1. The molecule has 0 heterocycles. The number of hydrogen-bond donors (Lipinski definition) is 0. The molecule has 10 rings (SSSR count). The fraction of sp³-hybridized carbons (Fsp3) is 0.419. The molecular weight excluding hydrogens is 436 g/mol. The molecule has 0 amide bonds. The summed E-state index contributed by atoms with van der Waals surface area (Å²) in [5.41, 5.74) is -0.343. The summed E-state index contributed by atoms with van der Waals surface area (Å²) in [5, 5.41) is 0. The van der Waals surface area contributed by atoms with Crippen molar-refractivity contribution < 1.29 is 19.2 Å². The van der Waals surface area contributed by atoms with Gasteiger partial charge in [-0.1, -0.05) is 72.8 Å². The highest BCUT2D eigenvalue weighted by Gasteiger charge is 3.00. The first-order chi connectivity index (χ1) is 17.1. The lowest BCUT2D eigenvalue weighted by atomic mass is 9.25. The van der Waals surface area contributed by atoms with E-state index < -0.39 is 22.7 Å². The molecule has 4 nitrogen and oxygen atoms in total. The molecule has 35 heavy (non-hydrogen) atoms. The lowest BCUT2D eigenvalue weighted by Gasteiger charge is -2.74. The minimum absolute atomic E-state index is 0.0585. The van der Waals surface area contributed by atoms with E-state index in [0.717, 1.165) is 6.42 Å². The molecule has 172 valence electrons. The Morgan fingerprint density at radius 1 is 0.629 bits per heavy atom. The Bertz CT molecular complexity index is 1320. The zero-order valence-electron chi connectivity index (χ0n) is 19.0.